The van der Waals surface area contributed by atoms with Gasteiger partial charge in [0.1, 0.15) is 11.5 Å². The maximum atomic E-state index is 12.2. The van der Waals surface area contributed by atoms with Gasteiger partial charge >= 0.3 is 0 Å². The van der Waals surface area contributed by atoms with E-state index in [-0.39, 0.29) is 29.5 Å². The first-order chi connectivity index (χ1) is 13.4. The van der Waals surface area contributed by atoms with E-state index in [1.54, 1.807) is 23.0 Å². The Morgan fingerprint density at radius 2 is 2.11 bits per heavy atom. The van der Waals surface area contributed by atoms with E-state index in [0.717, 1.165) is 5.56 Å². The van der Waals surface area contributed by atoms with Crippen molar-refractivity contribution in [1.82, 2.24) is 9.78 Å². The molecule has 1 N–H and O–H groups in total. The minimum Gasteiger partial charge on any atom is -0.457 e. The summed E-state index contributed by atoms with van der Waals surface area (Å²) in [6.07, 6.45) is 3.22. The Morgan fingerprint density at radius 1 is 1.32 bits per heavy atom. The second-order valence-electron chi connectivity index (χ2n) is 6.06. The number of aryl methyl sites for hydroxylation is 2. The number of anilines is 1. The van der Waals surface area contributed by atoms with Crippen molar-refractivity contribution in [3.8, 4) is 11.5 Å². The van der Waals surface area contributed by atoms with Crippen LogP contribution in [0.25, 0.3) is 0 Å². The first kappa shape index (κ1) is 19.4. The number of para-hydroxylation sites is 1. The number of nitro groups is 1. The molecule has 0 aliphatic rings. The lowest BCUT2D eigenvalue weighted by Crippen LogP contribution is -2.14. The SMILES string of the molecule is Cc1ccccc1Oc1cc(NC(=O)CCn2cc(Cl)cn2)cc([N+](=O)[O-])c1. The van der Waals surface area contributed by atoms with Crippen molar-refractivity contribution in [2.24, 2.45) is 0 Å². The molecule has 9 heteroatoms. The molecule has 0 atom stereocenters. The van der Waals surface area contributed by atoms with Gasteiger partial charge in [-0.1, -0.05) is 29.8 Å². The van der Waals surface area contributed by atoms with Crippen molar-refractivity contribution in [2.45, 2.75) is 19.9 Å². The predicted octanol–water partition coefficient (Wildman–Crippen LogP) is 4.57. The van der Waals surface area contributed by atoms with E-state index in [1.165, 1.54) is 18.3 Å². The lowest BCUT2D eigenvalue weighted by Gasteiger charge is -2.11. The van der Waals surface area contributed by atoms with Crippen molar-refractivity contribution in [2.75, 3.05) is 5.32 Å². The van der Waals surface area contributed by atoms with Gasteiger partial charge in [-0.3, -0.25) is 19.6 Å². The van der Waals surface area contributed by atoms with Crippen LogP contribution in [0.3, 0.4) is 0 Å². The smallest absolute Gasteiger partial charge is 0.275 e. The molecule has 0 saturated carbocycles. The number of carbonyl (C=O) groups excluding carboxylic acids is 1. The van der Waals surface area contributed by atoms with E-state index in [4.69, 9.17) is 16.3 Å². The van der Waals surface area contributed by atoms with Crippen LogP contribution in [-0.2, 0) is 11.3 Å². The quantitative estimate of drug-likeness (QED) is 0.462. The number of hydrogen-bond acceptors (Lipinski definition) is 5. The number of nitrogens with zero attached hydrogens (tertiary/aromatic N) is 3. The number of nitro benzene ring substituents is 1. The number of non-ortho nitro benzene ring substituents is 1. The van der Waals surface area contributed by atoms with E-state index < -0.39 is 4.92 Å². The molecule has 1 heterocycles. The van der Waals surface area contributed by atoms with Gasteiger partial charge < -0.3 is 10.1 Å². The topological polar surface area (TPSA) is 99.3 Å². The molecule has 0 radical (unpaired) electrons. The first-order valence-corrected chi connectivity index (χ1v) is 8.79. The minimum atomic E-state index is -0.536. The van der Waals surface area contributed by atoms with E-state index >= 15 is 0 Å². The van der Waals surface area contributed by atoms with Crippen molar-refractivity contribution in [3.63, 3.8) is 0 Å². The normalized spacial score (nSPS) is 10.5. The third kappa shape index (κ3) is 5.08. The second kappa shape index (κ2) is 8.53. The van der Waals surface area contributed by atoms with Crippen molar-refractivity contribution in [1.29, 1.82) is 0 Å². The molecule has 3 aromatic rings. The maximum Gasteiger partial charge on any atom is 0.275 e. The third-order valence-electron chi connectivity index (χ3n) is 3.88. The van der Waals surface area contributed by atoms with Gasteiger partial charge in [0.05, 0.1) is 27.9 Å². The van der Waals surface area contributed by atoms with Gasteiger partial charge in [-0.15, -0.1) is 0 Å². The summed E-state index contributed by atoms with van der Waals surface area (Å²) in [6, 6.07) is 11.5. The van der Waals surface area contributed by atoms with Crippen LogP contribution < -0.4 is 10.1 Å². The molecule has 28 heavy (non-hydrogen) atoms. The van der Waals surface area contributed by atoms with E-state index in [1.807, 2.05) is 25.1 Å². The largest absolute Gasteiger partial charge is 0.457 e. The van der Waals surface area contributed by atoms with Gasteiger partial charge in [-0.25, -0.2) is 0 Å². The number of amides is 1. The summed E-state index contributed by atoms with van der Waals surface area (Å²) >= 11 is 5.79. The molecule has 1 amide bonds. The van der Waals surface area contributed by atoms with Crippen molar-refractivity contribution < 1.29 is 14.5 Å². The monoisotopic (exact) mass is 400 g/mol. The van der Waals surface area contributed by atoms with Crippen LogP contribution in [0.2, 0.25) is 5.02 Å². The fourth-order valence-corrected chi connectivity index (χ4v) is 2.67. The average Bonchev–Trinajstić information content (AvgIpc) is 3.07. The lowest BCUT2D eigenvalue weighted by molar-refractivity contribution is -0.384. The Kier molecular flexibility index (Phi) is 5.90. The predicted molar refractivity (Wildman–Crippen MR) is 105 cm³/mol. The van der Waals surface area contributed by atoms with Gasteiger partial charge in [0.2, 0.25) is 5.91 Å². The Balaban J connectivity index is 1.74. The summed E-state index contributed by atoms with van der Waals surface area (Å²) in [5, 5.41) is 18.4. The average molecular weight is 401 g/mol. The summed E-state index contributed by atoms with van der Waals surface area (Å²) in [4.78, 5) is 22.9. The van der Waals surface area contributed by atoms with Crippen LogP contribution in [0, 0.1) is 17.0 Å². The van der Waals surface area contributed by atoms with Gasteiger partial charge in [-0.05, 0) is 18.6 Å². The van der Waals surface area contributed by atoms with Crippen molar-refractivity contribution in [3.05, 3.63) is 75.6 Å². The number of benzene rings is 2. The molecule has 0 aliphatic carbocycles. The van der Waals surface area contributed by atoms with Gasteiger partial charge in [0, 0.05) is 31.3 Å². The fourth-order valence-electron chi connectivity index (χ4n) is 2.52. The zero-order valence-corrected chi connectivity index (χ0v) is 15.7. The summed E-state index contributed by atoms with van der Waals surface area (Å²) in [7, 11) is 0. The molecule has 1 aromatic heterocycles. The summed E-state index contributed by atoms with van der Waals surface area (Å²) < 4.78 is 7.31. The highest BCUT2D eigenvalue weighted by Crippen LogP contribution is 2.31. The highest BCUT2D eigenvalue weighted by atomic mass is 35.5. The second-order valence-corrected chi connectivity index (χ2v) is 6.50. The molecule has 0 fully saturated rings. The van der Waals surface area contributed by atoms with Crippen LogP contribution in [0.15, 0.2) is 54.9 Å². The molecule has 0 bridgehead atoms. The molecule has 2 aromatic carbocycles. The van der Waals surface area contributed by atoms with Crippen LogP contribution in [0.1, 0.15) is 12.0 Å². The third-order valence-corrected chi connectivity index (χ3v) is 4.07. The van der Waals surface area contributed by atoms with Crippen LogP contribution in [0.4, 0.5) is 11.4 Å². The number of nitrogens with one attached hydrogen (secondary N) is 1. The van der Waals surface area contributed by atoms with Crippen LogP contribution in [-0.4, -0.2) is 20.6 Å². The van der Waals surface area contributed by atoms with Gasteiger partial charge in [-0.2, -0.15) is 5.10 Å². The number of hydrogen-bond donors (Lipinski definition) is 1. The number of halogens is 1. The summed E-state index contributed by atoms with van der Waals surface area (Å²) in [6.45, 7) is 2.21. The molecule has 3 rings (SSSR count). The van der Waals surface area contributed by atoms with E-state index in [2.05, 4.69) is 10.4 Å². The zero-order chi connectivity index (χ0) is 20.1. The van der Waals surface area contributed by atoms with Crippen LogP contribution >= 0.6 is 11.6 Å². The van der Waals surface area contributed by atoms with E-state index in [9.17, 15) is 14.9 Å². The molecule has 8 nitrogen and oxygen atoms in total. The molecule has 0 saturated heterocycles. The Bertz CT molecular complexity index is 1020. The molecule has 0 spiro atoms. The molecular weight excluding hydrogens is 384 g/mol. The number of rotatable bonds is 7. The summed E-state index contributed by atoms with van der Waals surface area (Å²) in [5.41, 5.74) is 0.985. The maximum absolute atomic E-state index is 12.2. The van der Waals surface area contributed by atoms with E-state index in [0.29, 0.717) is 17.3 Å². The highest BCUT2D eigenvalue weighted by molar-refractivity contribution is 6.30. The fraction of sp³-hybridized carbons (Fsp3) is 0.158. The Labute approximate surface area is 165 Å². The standard InChI is InChI=1S/C19H17ClN4O4/c1-13-4-2-3-5-18(13)28-17-9-15(8-16(10-17)24(26)27)22-19(25)6-7-23-12-14(20)11-21-23/h2-5,8-12H,6-7H2,1H3,(H,22,25). The highest BCUT2D eigenvalue weighted by Gasteiger charge is 2.14. The minimum absolute atomic E-state index is 0.134. The Morgan fingerprint density at radius 3 is 2.79 bits per heavy atom. The number of ether oxygens (including phenoxy) is 1. The lowest BCUT2D eigenvalue weighted by atomic mass is 10.2. The Hall–Kier alpha value is -3.39. The number of aromatic nitrogens is 2. The molecule has 0 aliphatic heterocycles. The zero-order valence-electron chi connectivity index (χ0n) is 15.0. The first-order valence-electron chi connectivity index (χ1n) is 8.41. The summed E-state index contributed by atoms with van der Waals surface area (Å²) in [5.74, 6) is 0.530. The van der Waals surface area contributed by atoms with Crippen molar-refractivity contribution >= 4 is 28.9 Å². The van der Waals surface area contributed by atoms with Crippen LogP contribution in [0.5, 0.6) is 11.5 Å². The molecule has 0 unspecified atom stereocenters. The van der Waals surface area contributed by atoms with Gasteiger partial charge in [0.25, 0.3) is 5.69 Å². The number of carbonyl (C=O) groups is 1. The molecule has 144 valence electrons. The van der Waals surface area contributed by atoms with Gasteiger partial charge in [0.15, 0.2) is 0 Å². The molecular formula is C19H17ClN4O4.